The fourth-order valence-electron chi connectivity index (χ4n) is 1.41. The molecular formula is C6H10. The van der Waals surface area contributed by atoms with Crippen molar-refractivity contribution in [2.24, 2.45) is 11.3 Å². The molecule has 0 radical (unpaired) electrons. The fraction of sp³-hybridized carbons (Fsp3) is 1.00. The van der Waals surface area contributed by atoms with Crippen molar-refractivity contribution >= 4 is 0 Å². The Morgan fingerprint density at radius 3 is 2.00 bits per heavy atom. The van der Waals surface area contributed by atoms with Gasteiger partial charge in [-0.25, -0.2) is 0 Å². The second-order valence-corrected chi connectivity index (χ2v) is 2.97. The van der Waals surface area contributed by atoms with Crippen molar-refractivity contribution in [1.82, 2.24) is 0 Å². The smallest absolute Gasteiger partial charge is 0.0268 e. The Morgan fingerprint density at radius 1 is 1.50 bits per heavy atom. The highest BCUT2D eigenvalue weighted by Gasteiger charge is 2.59. The van der Waals surface area contributed by atoms with E-state index in [9.17, 15) is 0 Å². The number of rotatable bonds is 0. The topological polar surface area (TPSA) is 0 Å². The average Bonchev–Trinajstić information content (AvgIpc) is 2.25. The summed E-state index contributed by atoms with van der Waals surface area (Å²) < 4.78 is 0. The molecule has 0 saturated heterocycles. The largest absolute Gasteiger partial charge is 0.0620 e. The first-order valence-electron chi connectivity index (χ1n) is 2.83. The van der Waals surface area contributed by atoms with Gasteiger partial charge in [0.05, 0.1) is 0 Å². The molecule has 1 spiro atoms. The van der Waals surface area contributed by atoms with Crippen LogP contribution in [-0.4, -0.2) is 0 Å². The van der Waals surface area contributed by atoms with E-state index in [0.717, 1.165) is 11.3 Å². The molecule has 2 rings (SSSR count). The van der Waals surface area contributed by atoms with Crippen LogP contribution in [0.5, 0.6) is 0 Å². The second kappa shape index (κ2) is 0.556. The lowest BCUT2D eigenvalue weighted by atomic mass is 10.3. The number of hydrogen-bond acceptors (Lipinski definition) is 0. The number of hydrogen-bond donors (Lipinski definition) is 0. The summed E-state index contributed by atoms with van der Waals surface area (Å²) >= 11 is 0. The van der Waals surface area contributed by atoms with Crippen LogP contribution in [0.1, 0.15) is 26.2 Å². The van der Waals surface area contributed by atoms with E-state index in [0.29, 0.717) is 0 Å². The summed E-state index contributed by atoms with van der Waals surface area (Å²) in [6, 6.07) is 0. The van der Waals surface area contributed by atoms with Crippen LogP contribution in [0, 0.1) is 11.3 Å². The molecule has 0 bridgehead atoms. The molecule has 0 aromatic heterocycles. The Morgan fingerprint density at radius 2 is 2.00 bits per heavy atom. The Bertz CT molecular complexity index is 80.0. The summed E-state index contributed by atoms with van der Waals surface area (Å²) in [7, 11) is 0. The van der Waals surface area contributed by atoms with E-state index in [1.54, 1.807) is 19.3 Å². The summed E-state index contributed by atoms with van der Waals surface area (Å²) in [4.78, 5) is 0. The first kappa shape index (κ1) is 3.06. The molecule has 0 amide bonds. The summed E-state index contributed by atoms with van der Waals surface area (Å²) in [6.45, 7) is 2.37. The Labute approximate surface area is 38.6 Å². The highest BCUT2D eigenvalue weighted by Crippen LogP contribution is 2.70. The van der Waals surface area contributed by atoms with Gasteiger partial charge in [0, 0.05) is 0 Å². The third-order valence-electron chi connectivity index (χ3n) is 2.49. The van der Waals surface area contributed by atoms with Gasteiger partial charge >= 0.3 is 0 Å². The zero-order valence-corrected chi connectivity index (χ0v) is 4.20. The lowest BCUT2D eigenvalue weighted by Gasteiger charge is -1.71. The minimum atomic E-state index is 0.958. The van der Waals surface area contributed by atoms with Gasteiger partial charge in [-0.3, -0.25) is 0 Å². The van der Waals surface area contributed by atoms with E-state index in [-0.39, 0.29) is 0 Å². The van der Waals surface area contributed by atoms with Crippen LogP contribution in [0.4, 0.5) is 0 Å². The molecule has 0 unspecified atom stereocenters. The van der Waals surface area contributed by atoms with Gasteiger partial charge in [-0.1, -0.05) is 6.92 Å². The van der Waals surface area contributed by atoms with Crippen molar-refractivity contribution in [1.29, 1.82) is 0 Å². The quantitative estimate of drug-likeness (QED) is 0.418. The zero-order valence-electron chi connectivity index (χ0n) is 4.20. The standard InChI is InChI=1S/C6H10/c1-5-4-6(5)2-3-6/h5H,2-4H2,1H3/t5-/m0/s1. The second-order valence-electron chi connectivity index (χ2n) is 2.97. The van der Waals surface area contributed by atoms with Gasteiger partial charge in [-0.15, -0.1) is 0 Å². The summed E-state index contributed by atoms with van der Waals surface area (Å²) in [6.07, 6.45) is 4.65. The van der Waals surface area contributed by atoms with E-state index in [1.165, 1.54) is 0 Å². The molecule has 6 heavy (non-hydrogen) atoms. The van der Waals surface area contributed by atoms with E-state index in [1.807, 2.05) is 0 Å². The lowest BCUT2D eigenvalue weighted by molar-refractivity contribution is 0.772. The van der Waals surface area contributed by atoms with Crippen molar-refractivity contribution < 1.29 is 0 Å². The van der Waals surface area contributed by atoms with Crippen LogP contribution >= 0.6 is 0 Å². The zero-order chi connectivity index (χ0) is 4.20. The molecule has 0 aromatic rings. The molecule has 0 nitrogen and oxygen atoms in total. The molecule has 0 aliphatic heterocycles. The molecule has 0 heteroatoms. The fourth-order valence-corrected chi connectivity index (χ4v) is 1.41. The van der Waals surface area contributed by atoms with E-state index < -0.39 is 0 Å². The molecule has 2 aliphatic rings. The van der Waals surface area contributed by atoms with Crippen LogP contribution < -0.4 is 0 Å². The summed E-state index contributed by atoms with van der Waals surface area (Å²) in [5.74, 6) is 1.11. The van der Waals surface area contributed by atoms with Crippen molar-refractivity contribution in [3.05, 3.63) is 0 Å². The first-order valence-corrected chi connectivity index (χ1v) is 2.83. The Kier molecular flexibility index (Phi) is 0.283. The summed E-state index contributed by atoms with van der Waals surface area (Å²) in [5, 5.41) is 0. The van der Waals surface area contributed by atoms with Gasteiger partial charge < -0.3 is 0 Å². The highest BCUT2D eigenvalue weighted by molar-refractivity contribution is 5.10. The highest BCUT2D eigenvalue weighted by atomic mass is 14.6. The minimum Gasteiger partial charge on any atom is -0.0620 e. The van der Waals surface area contributed by atoms with Crippen molar-refractivity contribution in [2.45, 2.75) is 26.2 Å². The van der Waals surface area contributed by atoms with E-state index in [4.69, 9.17) is 0 Å². The predicted octanol–water partition coefficient (Wildman–Crippen LogP) is 1.81. The van der Waals surface area contributed by atoms with Gasteiger partial charge in [0.2, 0.25) is 0 Å². The van der Waals surface area contributed by atoms with Crippen LogP contribution in [-0.2, 0) is 0 Å². The minimum absolute atomic E-state index is 0.958. The predicted molar refractivity (Wildman–Crippen MR) is 25.4 cm³/mol. The van der Waals surface area contributed by atoms with Gasteiger partial charge in [0.1, 0.15) is 0 Å². The van der Waals surface area contributed by atoms with Crippen LogP contribution in [0.15, 0.2) is 0 Å². The molecule has 34 valence electrons. The average molecular weight is 82.1 g/mol. The van der Waals surface area contributed by atoms with Gasteiger partial charge in [-0.05, 0) is 30.6 Å². The molecular weight excluding hydrogens is 72.1 g/mol. The van der Waals surface area contributed by atoms with Crippen molar-refractivity contribution in [3.63, 3.8) is 0 Å². The Hall–Kier alpha value is 0. The molecule has 2 fully saturated rings. The maximum absolute atomic E-state index is 2.37. The third-order valence-corrected chi connectivity index (χ3v) is 2.49. The molecule has 2 saturated carbocycles. The van der Waals surface area contributed by atoms with Crippen molar-refractivity contribution in [3.8, 4) is 0 Å². The summed E-state index contributed by atoms with van der Waals surface area (Å²) in [5.41, 5.74) is 0.958. The van der Waals surface area contributed by atoms with E-state index >= 15 is 0 Å². The molecule has 2 aliphatic carbocycles. The molecule has 0 aromatic carbocycles. The normalized spacial score (nSPS) is 46.5. The third kappa shape index (κ3) is 0.184. The maximum atomic E-state index is 2.37. The molecule has 0 heterocycles. The lowest BCUT2D eigenvalue weighted by Crippen LogP contribution is -1.64. The SMILES string of the molecule is C[C@H]1CC12CC2. The van der Waals surface area contributed by atoms with E-state index in [2.05, 4.69) is 6.92 Å². The van der Waals surface area contributed by atoms with Crippen LogP contribution in [0.25, 0.3) is 0 Å². The van der Waals surface area contributed by atoms with Gasteiger partial charge in [-0.2, -0.15) is 0 Å². The monoisotopic (exact) mass is 82.1 g/mol. The molecule has 1 atom stereocenters. The maximum Gasteiger partial charge on any atom is -0.0268 e. The molecule has 0 N–H and O–H groups in total. The van der Waals surface area contributed by atoms with Gasteiger partial charge in [0.25, 0.3) is 0 Å². The van der Waals surface area contributed by atoms with Crippen molar-refractivity contribution in [2.75, 3.05) is 0 Å². The Balaban J connectivity index is 2.17. The first-order chi connectivity index (χ1) is 2.83. The van der Waals surface area contributed by atoms with Crippen LogP contribution in [0.3, 0.4) is 0 Å². The van der Waals surface area contributed by atoms with Crippen LogP contribution in [0.2, 0.25) is 0 Å². The van der Waals surface area contributed by atoms with Gasteiger partial charge in [0.15, 0.2) is 0 Å².